The van der Waals surface area contributed by atoms with Gasteiger partial charge in [0.2, 0.25) is 0 Å². The van der Waals surface area contributed by atoms with E-state index < -0.39 is 35.9 Å². The molecule has 0 aromatic carbocycles. The number of nitrogens with zero attached hydrogens (tertiary/aromatic N) is 6. The zero-order chi connectivity index (χ0) is 22.0. The van der Waals surface area contributed by atoms with Gasteiger partial charge in [-0.05, 0) is 18.2 Å². The molecule has 4 aromatic rings. The molecule has 1 N–H and O–H groups in total. The fourth-order valence-electron chi connectivity index (χ4n) is 3.64. The molecule has 5 rings (SSSR count). The highest BCUT2D eigenvalue weighted by molar-refractivity contribution is 5.58. The molecule has 0 unspecified atom stereocenters. The summed E-state index contributed by atoms with van der Waals surface area (Å²) >= 11 is 0. The normalized spacial score (nSPS) is 17.4. The average Bonchev–Trinajstić information content (AvgIpc) is 3.42. The van der Waals surface area contributed by atoms with Crippen molar-refractivity contribution in [3.8, 4) is 0 Å². The van der Waals surface area contributed by atoms with Crippen LogP contribution in [-0.2, 0) is 18.8 Å². The minimum absolute atomic E-state index is 0.136. The smallest absolute Gasteiger partial charge is 0.399 e. The molecule has 1 atom stereocenters. The van der Waals surface area contributed by atoms with E-state index in [1.165, 1.54) is 29.6 Å². The lowest BCUT2D eigenvalue weighted by Gasteiger charge is -2.32. The standard InChI is InChI=1S/C17H11F6N7O/c18-16(19,20)8-2-1-4-30-11(8)6-10(28-30)13-12-9(24-7-25-12)3-5-29(13)15-27-26-14(31-15)17(21,22)23/h1-2,4,6-7,13H,3,5H2,(H,24,25)/t13-/m0/s1. The molecule has 8 nitrogen and oxygen atoms in total. The molecule has 0 fully saturated rings. The number of hydrogen-bond acceptors (Lipinski definition) is 6. The summed E-state index contributed by atoms with van der Waals surface area (Å²) < 4.78 is 84.8. The van der Waals surface area contributed by atoms with Gasteiger partial charge < -0.3 is 14.3 Å². The Morgan fingerprint density at radius 1 is 1.10 bits per heavy atom. The highest BCUT2D eigenvalue weighted by Gasteiger charge is 2.42. The second kappa shape index (κ2) is 6.46. The van der Waals surface area contributed by atoms with Crippen molar-refractivity contribution in [3.05, 3.63) is 59.3 Å². The Kier molecular flexibility index (Phi) is 4.04. The molecule has 0 saturated carbocycles. The van der Waals surface area contributed by atoms with Crippen LogP contribution in [0.25, 0.3) is 5.52 Å². The highest BCUT2D eigenvalue weighted by Crippen LogP contribution is 2.39. The maximum absolute atomic E-state index is 13.4. The summed E-state index contributed by atoms with van der Waals surface area (Å²) in [5.41, 5.74) is 0.126. The third-order valence-electron chi connectivity index (χ3n) is 4.93. The van der Waals surface area contributed by atoms with E-state index in [0.29, 0.717) is 17.8 Å². The van der Waals surface area contributed by atoms with Crippen LogP contribution in [0.1, 0.15) is 34.6 Å². The molecule has 0 spiro atoms. The molecular formula is C17H11F6N7O. The van der Waals surface area contributed by atoms with Crippen LogP contribution >= 0.6 is 0 Å². The Labute approximate surface area is 168 Å². The van der Waals surface area contributed by atoms with Crippen LogP contribution in [0.4, 0.5) is 32.4 Å². The average molecular weight is 443 g/mol. The molecule has 4 aromatic heterocycles. The molecule has 0 aliphatic carbocycles. The van der Waals surface area contributed by atoms with Gasteiger partial charge in [0.05, 0.1) is 28.8 Å². The van der Waals surface area contributed by atoms with Gasteiger partial charge in [0.25, 0.3) is 0 Å². The van der Waals surface area contributed by atoms with E-state index in [1.807, 2.05) is 0 Å². The summed E-state index contributed by atoms with van der Waals surface area (Å²) in [5.74, 6) is -1.52. The minimum atomic E-state index is -4.83. The quantitative estimate of drug-likeness (QED) is 0.476. The maximum Gasteiger partial charge on any atom is 0.470 e. The number of nitrogens with one attached hydrogen (secondary N) is 1. The Morgan fingerprint density at radius 2 is 1.90 bits per heavy atom. The monoisotopic (exact) mass is 443 g/mol. The number of alkyl halides is 6. The van der Waals surface area contributed by atoms with Crippen LogP contribution in [0.15, 0.2) is 35.1 Å². The first-order valence-electron chi connectivity index (χ1n) is 8.88. The zero-order valence-electron chi connectivity index (χ0n) is 15.2. The fourth-order valence-corrected chi connectivity index (χ4v) is 3.64. The summed E-state index contributed by atoms with van der Waals surface area (Å²) in [4.78, 5) is 8.48. The summed E-state index contributed by atoms with van der Waals surface area (Å²) in [5, 5.41) is 10.8. The molecule has 5 heterocycles. The number of rotatable bonds is 2. The van der Waals surface area contributed by atoms with E-state index in [4.69, 9.17) is 4.42 Å². The first-order valence-corrected chi connectivity index (χ1v) is 8.88. The van der Waals surface area contributed by atoms with Crippen LogP contribution in [0.2, 0.25) is 0 Å². The van der Waals surface area contributed by atoms with E-state index in [9.17, 15) is 26.3 Å². The van der Waals surface area contributed by atoms with Crippen LogP contribution in [0, 0.1) is 0 Å². The van der Waals surface area contributed by atoms with E-state index in [-0.39, 0.29) is 17.8 Å². The third-order valence-corrected chi connectivity index (χ3v) is 4.93. The Balaban J connectivity index is 1.65. The number of anilines is 1. The number of imidazole rings is 1. The summed E-state index contributed by atoms with van der Waals surface area (Å²) in [6.07, 6.45) is -6.33. The number of aromatic nitrogens is 6. The topological polar surface area (TPSA) is 88.1 Å². The lowest BCUT2D eigenvalue weighted by Crippen LogP contribution is -2.37. The van der Waals surface area contributed by atoms with Gasteiger partial charge in [0.1, 0.15) is 6.04 Å². The van der Waals surface area contributed by atoms with Crippen molar-refractivity contribution in [2.24, 2.45) is 0 Å². The van der Waals surface area contributed by atoms with E-state index in [2.05, 4.69) is 25.3 Å². The first-order chi connectivity index (χ1) is 14.6. The largest absolute Gasteiger partial charge is 0.470 e. The van der Waals surface area contributed by atoms with Crippen LogP contribution < -0.4 is 4.90 Å². The zero-order valence-corrected chi connectivity index (χ0v) is 15.2. The van der Waals surface area contributed by atoms with Gasteiger partial charge >= 0.3 is 24.3 Å². The predicted molar refractivity (Wildman–Crippen MR) is 91.0 cm³/mol. The lowest BCUT2D eigenvalue weighted by atomic mass is 10.00. The summed E-state index contributed by atoms with van der Waals surface area (Å²) in [7, 11) is 0. The molecule has 1 aliphatic heterocycles. The molecule has 0 saturated heterocycles. The molecule has 0 radical (unpaired) electrons. The number of aromatic amines is 1. The lowest BCUT2D eigenvalue weighted by molar-refractivity contribution is -0.157. The fraction of sp³-hybridized carbons (Fsp3) is 0.294. The van der Waals surface area contributed by atoms with Crippen molar-refractivity contribution in [2.45, 2.75) is 24.8 Å². The SMILES string of the molecule is FC(F)(F)c1nnc(N2CCc3[nH]cnc3[C@@H]2c2cc3c(C(F)(F)F)cccn3n2)o1. The molecule has 14 heteroatoms. The number of hydrogen-bond donors (Lipinski definition) is 1. The molecular weight excluding hydrogens is 432 g/mol. The van der Waals surface area contributed by atoms with Crippen molar-refractivity contribution >= 4 is 11.5 Å². The molecule has 162 valence electrons. The predicted octanol–water partition coefficient (Wildman–Crippen LogP) is 3.63. The second-order valence-corrected chi connectivity index (χ2v) is 6.82. The van der Waals surface area contributed by atoms with Crippen LogP contribution in [-0.4, -0.2) is 36.3 Å². The Morgan fingerprint density at radius 3 is 2.61 bits per heavy atom. The van der Waals surface area contributed by atoms with Crippen molar-refractivity contribution in [3.63, 3.8) is 0 Å². The van der Waals surface area contributed by atoms with Gasteiger partial charge in [0.15, 0.2) is 0 Å². The van der Waals surface area contributed by atoms with E-state index in [0.717, 1.165) is 10.6 Å². The summed E-state index contributed by atoms with van der Waals surface area (Å²) in [6, 6.07) is 1.99. The van der Waals surface area contributed by atoms with Crippen molar-refractivity contribution in [1.82, 2.24) is 29.8 Å². The van der Waals surface area contributed by atoms with Crippen LogP contribution in [0.3, 0.4) is 0 Å². The molecule has 1 aliphatic rings. The van der Waals surface area contributed by atoms with Gasteiger partial charge in [-0.25, -0.2) is 9.50 Å². The summed E-state index contributed by atoms with van der Waals surface area (Å²) in [6.45, 7) is 0.152. The molecule has 0 bridgehead atoms. The number of pyridine rings is 1. The van der Waals surface area contributed by atoms with Gasteiger partial charge in [-0.3, -0.25) is 0 Å². The van der Waals surface area contributed by atoms with E-state index in [1.54, 1.807) is 0 Å². The van der Waals surface area contributed by atoms with Gasteiger partial charge in [0, 0.05) is 24.9 Å². The first kappa shape index (κ1) is 19.4. The maximum atomic E-state index is 13.4. The van der Waals surface area contributed by atoms with Gasteiger partial charge in [-0.1, -0.05) is 5.10 Å². The molecule has 31 heavy (non-hydrogen) atoms. The van der Waals surface area contributed by atoms with E-state index >= 15 is 0 Å². The van der Waals surface area contributed by atoms with Crippen molar-refractivity contribution in [2.75, 3.05) is 11.4 Å². The van der Waals surface area contributed by atoms with Crippen molar-refractivity contribution in [1.29, 1.82) is 0 Å². The third kappa shape index (κ3) is 3.18. The van der Waals surface area contributed by atoms with Crippen molar-refractivity contribution < 1.29 is 30.8 Å². The molecule has 0 amide bonds. The Bertz CT molecular complexity index is 1250. The number of H-pyrrole nitrogens is 1. The van der Waals surface area contributed by atoms with Gasteiger partial charge in [-0.15, -0.1) is 5.10 Å². The minimum Gasteiger partial charge on any atom is -0.399 e. The van der Waals surface area contributed by atoms with Crippen LogP contribution in [0.5, 0.6) is 0 Å². The number of fused-ring (bicyclic) bond motifs is 2. The van der Waals surface area contributed by atoms with Gasteiger partial charge in [-0.2, -0.15) is 31.4 Å². The number of halogens is 6. The second-order valence-electron chi connectivity index (χ2n) is 6.82. The highest BCUT2D eigenvalue weighted by atomic mass is 19.4. The Hall–Kier alpha value is -3.58.